The molecule has 0 radical (unpaired) electrons. The van der Waals surface area contributed by atoms with Crippen molar-refractivity contribution < 1.29 is 52.5 Å². The highest BCUT2D eigenvalue weighted by Crippen LogP contribution is 2.15. The maximum Gasteiger partial charge on any atom is 0.347 e. The predicted octanol–water partition coefficient (Wildman–Crippen LogP) is 2.52. The molecule has 2 rings (SSSR count). The lowest BCUT2D eigenvalue weighted by Gasteiger charge is -2.14. The number of hydrogen-bond donors (Lipinski definition) is 0. The smallest absolute Gasteiger partial charge is 0.347 e. The zero-order valence-corrected chi connectivity index (χ0v) is 21.0. The van der Waals surface area contributed by atoms with Gasteiger partial charge in [-0.05, 0) is 62.4 Å². The fourth-order valence-electron chi connectivity index (χ4n) is 2.74. The predicted molar refractivity (Wildman–Crippen MR) is 131 cm³/mol. The van der Waals surface area contributed by atoms with Crippen LogP contribution in [0.25, 0.3) is 0 Å². The molecular formula is C26H24N2O11. The second kappa shape index (κ2) is 16.0. The number of aliphatic imine (C=N–C) groups is 2. The number of carbonyl (C=O) groups is 4. The van der Waals surface area contributed by atoms with Crippen LogP contribution in [-0.4, -0.2) is 74.7 Å². The zero-order valence-electron chi connectivity index (χ0n) is 21.0. The Bertz CT molecular complexity index is 1150. The third kappa shape index (κ3) is 10.5. The minimum Gasteiger partial charge on any atom is -0.461 e. The number of isocyanates is 2. The molecule has 13 nitrogen and oxygen atoms in total. The van der Waals surface area contributed by atoms with Gasteiger partial charge in [-0.1, -0.05) is 0 Å². The molecule has 2 atom stereocenters. The third-order valence-electron chi connectivity index (χ3n) is 4.73. The molecule has 13 heteroatoms. The van der Waals surface area contributed by atoms with Gasteiger partial charge in [-0.25, -0.2) is 28.8 Å². The van der Waals surface area contributed by atoms with Crippen molar-refractivity contribution in [2.75, 3.05) is 26.4 Å². The number of ether oxygens (including phenoxy) is 5. The molecule has 0 heterocycles. The largest absolute Gasteiger partial charge is 0.461 e. The van der Waals surface area contributed by atoms with Crippen LogP contribution in [0.15, 0.2) is 58.5 Å². The summed E-state index contributed by atoms with van der Waals surface area (Å²) in [5.41, 5.74) is 0.934. The van der Waals surface area contributed by atoms with Crippen molar-refractivity contribution >= 4 is 47.4 Å². The van der Waals surface area contributed by atoms with E-state index in [1.54, 1.807) is 0 Å². The van der Waals surface area contributed by atoms with Crippen LogP contribution >= 0.6 is 0 Å². The van der Waals surface area contributed by atoms with E-state index in [2.05, 4.69) is 9.98 Å². The molecule has 0 aliphatic heterocycles. The first-order chi connectivity index (χ1) is 18.7. The Labute approximate surface area is 222 Å². The summed E-state index contributed by atoms with van der Waals surface area (Å²) >= 11 is 0. The average molecular weight is 540 g/mol. The Balaban J connectivity index is 1.59. The first-order valence-electron chi connectivity index (χ1n) is 11.4. The number of benzene rings is 2. The molecule has 0 amide bonds. The van der Waals surface area contributed by atoms with Crippen molar-refractivity contribution in [2.24, 2.45) is 9.98 Å². The van der Waals surface area contributed by atoms with Gasteiger partial charge in [0.2, 0.25) is 12.2 Å². The lowest BCUT2D eigenvalue weighted by Crippen LogP contribution is -2.28. The molecule has 0 aliphatic carbocycles. The highest BCUT2D eigenvalue weighted by Gasteiger charge is 2.21. The highest BCUT2D eigenvalue weighted by molar-refractivity contribution is 5.92. The summed E-state index contributed by atoms with van der Waals surface area (Å²) in [6, 6.07) is 11.2. The van der Waals surface area contributed by atoms with Crippen LogP contribution in [0.5, 0.6) is 0 Å². The molecule has 2 aromatic rings. The van der Waals surface area contributed by atoms with Gasteiger partial charge in [0.05, 0.1) is 35.7 Å². The number of nitrogens with zero attached hydrogens (tertiary/aromatic N) is 2. The summed E-state index contributed by atoms with van der Waals surface area (Å²) in [4.78, 5) is 75.5. The Morgan fingerprint density at radius 3 is 1.33 bits per heavy atom. The van der Waals surface area contributed by atoms with Gasteiger partial charge < -0.3 is 23.7 Å². The number of rotatable bonds is 14. The first kappa shape index (κ1) is 30.3. The lowest BCUT2D eigenvalue weighted by molar-refractivity contribution is -0.156. The van der Waals surface area contributed by atoms with E-state index in [4.69, 9.17) is 23.7 Å². The second-order valence-electron chi connectivity index (χ2n) is 7.54. The van der Waals surface area contributed by atoms with Crippen LogP contribution in [-0.2, 0) is 42.9 Å². The van der Waals surface area contributed by atoms with Crippen LogP contribution in [0.2, 0.25) is 0 Å². The summed E-state index contributed by atoms with van der Waals surface area (Å²) in [6.45, 7) is 2.37. The molecule has 0 aromatic heterocycles. The molecule has 0 bridgehead atoms. The number of hydrogen-bond acceptors (Lipinski definition) is 13. The average Bonchev–Trinajstić information content (AvgIpc) is 2.93. The van der Waals surface area contributed by atoms with E-state index in [0.717, 1.165) is 0 Å². The zero-order chi connectivity index (χ0) is 28.6. The molecule has 0 spiro atoms. The van der Waals surface area contributed by atoms with Gasteiger partial charge in [-0.3, -0.25) is 0 Å². The van der Waals surface area contributed by atoms with Crippen molar-refractivity contribution in [3.05, 3.63) is 59.7 Å². The maximum absolute atomic E-state index is 12.1. The maximum atomic E-state index is 12.1. The standard InChI is InChI=1S/C26H24N2O11/c1-17(38-25(33)19-3-7-21(8-4-19)27-15-29)23(31)36-13-11-35-12-14-37-24(32)18(2)39-26(34)20-5-9-22(10-6-20)28-16-30/h3-10,17-18H,11-14H2,1-2H3. The first-order valence-corrected chi connectivity index (χ1v) is 11.4. The van der Waals surface area contributed by atoms with Gasteiger partial charge >= 0.3 is 23.9 Å². The van der Waals surface area contributed by atoms with Gasteiger partial charge in [0.15, 0.2) is 12.2 Å². The van der Waals surface area contributed by atoms with Crippen LogP contribution in [0.1, 0.15) is 34.6 Å². The van der Waals surface area contributed by atoms with Crippen molar-refractivity contribution in [3.63, 3.8) is 0 Å². The van der Waals surface area contributed by atoms with E-state index in [-0.39, 0.29) is 37.6 Å². The Morgan fingerprint density at radius 1 is 0.641 bits per heavy atom. The molecule has 0 N–H and O–H groups in total. The fourth-order valence-corrected chi connectivity index (χ4v) is 2.74. The van der Waals surface area contributed by atoms with Crippen LogP contribution in [0, 0.1) is 0 Å². The minimum atomic E-state index is -1.18. The van der Waals surface area contributed by atoms with Gasteiger partial charge in [-0.2, -0.15) is 9.98 Å². The Hall–Kier alpha value is -4.96. The summed E-state index contributed by atoms with van der Waals surface area (Å²) in [5, 5.41) is 0. The minimum absolute atomic E-state index is 0.0165. The van der Waals surface area contributed by atoms with Crippen molar-refractivity contribution in [2.45, 2.75) is 26.1 Å². The molecule has 0 aliphatic rings. The van der Waals surface area contributed by atoms with Crippen molar-refractivity contribution in [1.29, 1.82) is 0 Å². The summed E-state index contributed by atoms with van der Waals surface area (Å²) in [5.74, 6) is -3.10. The second-order valence-corrected chi connectivity index (χ2v) is 7.54. The molecule has 0 fully saturated rings. The fraction of sp³-hybridized carbons (Fsp3) is 0.308. The topological polar surface area (TPSA) is 173 Å². The summed E-state index contributed by atoms with van der Waals surface area (Å²) in [6.07, 6.45) is 0.394. The van der Waals surface area contributed by atoms with Gasteiger partial charge in [-0.15, -0.1) is 0 Å². The lowest BCUT2D eigenvalue weighted by atomic mass is 10.2. The monoisotopic (exact) mass is 540 g/mol. The normalized spacial score (nSPS) is 11.5. The van der Waals surface area contributed by atoms with Gasteiger partial charge in [0.25, 0.3) is 0 Å². The van der Waals surface area contributed by atoms with E-state index >= 15 is 0 Å². The van der Waals surface area contributed by atoms with E-state index in [9.17, 15) is 28.8 Å². The molecule has 0 saturated heterocycles. The molecular weight excluding hydrogens is 516 g/mol. The SMILES string of the molecule is CC(OC(=O)c1ccc(N=C=O)cc1)C(=O)OCCOCCOC(=O)C(C)OC(=O)c1ccc(N=C=O)cc1. The molecule has 2 aromatic carbocycles. The van der Waals surface area contributed by atoms with E-state index in [1.165, 1.54) is 74.5 Å². The van der Waals surface area contributed by atoms with E-state index < -0.39 is 36.1 Å². The van der Waals surface area contributed by atoms with Gasteiger partial charge in [0, 0.05) is 0 Å². The van der Waals surface area contributed by atoms with Crippen LogP contribution < -0.4 is 0 Å². The third-order valence-corrected chi connectivity index (χ3v) is 4.73. The summed E-state index contributed by atoms with van der Waals surface area (Å²) < 4.78 is 25.2. The van der Waals surface area contributed by atoms with E-state index in [0.29, 0.717) is 11.4 Å². The highest BCUT2D eigenvalue weighted by atomic mass is 16.6. The molecule has 39 heavy (non-hydrogen) atoms. The Morgan fingerprint density at radius 2 is 1.00 bits per heavy atom. The van der Waals surface area contributed by atoms with Crippen LogP contribution in [0.3, 0.4) is 0 Å². The van der Waals surface area contributed by atoms with Gasteiger partial charge in [0.1, 0.15) is 13.2 Å². The molecule has 2 unspecified atom stereocenters. The quantitative estimate of drug-likeness (QED) is 0.113. The number of esters is 4. The molecule has 204 valence electrons. The molecule has 0 saturated carbocycles. The van der Waals surface area contributed by atoms with Crippen molar-refractivity contribution in [3.8, 4) is 0 Å². The Kier molecular flexibility index (Phi) is 12.4. The van der Waals surface area contributed by atoms with Crippen molar-refractivity contribution in [1.82, 2.24) is 0 Å². The van der Waals surface area contributed by atoms with E-state index in [1.807, 2.05) is 0 Å². The number of carbonyl (C=O) groups excluding carboxylic acids is 6. The summed E-state index contributed by atoms with van der Waals surface area (Å²) in [7, 11) is 0. The van der Waals surface area contributed by atoms with Crippen LogP contribution in [0.4, 0.5) is 11.4 Å².